The molecule has 0 bridgehead atoms. The predicted octanol–water partition coefficient (Wildman–Crippen LogP) is 0.0463. The van der Waals surface area contributed by atoms with Crippen molar-refractivity contribution in [3.8, 4) is 17.2 Å². The Balaban J connectivity index is 3.25. The van der Waals surface area contributed by atoms with Crippen LogP contribution in [0.25, 0.3) is 0 Å². The smallest absolute Gasteiger partial charge is 0.491 e. The van der Waals surface area contributed by atoms with Crippen molar-refractivity contribution in [1.29, 1.82) is 0 Å². The first-order chi connectivity index (χ1) is 7.67. The highest BCUT2D eigenvalue weighted by molar-refractivity contribution is 6.60. The van der Waals surface area contributed by atoms with E-state index in [2.05, 4.69) is 0 Å². The highest BCUT2D eigenvalue weighted by atomic mass is 16.5. The molecule has 0 fully saturated rings. The second-order valence-electron chi connectivity index (χ2n) is 3.05. The van der Waals surface area contributed by atoms with Crippen LogP contribution in [0.15, 0.2) is 12.1 Å². The van der Waals surface area contributed by atoms with Crippen LogP contribution in [0.2, 0.25) is 0 Å². The van der Waals surface area contributed by atoms with Crippen LogP contribution >= 0.6 is 0 Å². The number of ether oxygens (including phenoxy) is 3. The molecule has 1 aromatic rings. The van der Waals surface area contributed by atoms with Gasteiger partial charge >= 0.3 is 7.12 Å². The van der Waals surface area contributed by atoms with E-state index in [9.17, 15) is 5.02 Å². The number of rotatable bonds is 5. The molecule has 0 heterocycles. The van der Waals surface area contributed by atoms with Gasteiger partial charge < -0.3 is 23.9 Å². The van der Waals surface area contributed by atoms with Gasteiger partial charge in [0.1, 0.15) is 0 Å². The van der Waals surface area contributed by atoms with E-state index in [4.69, 9.17) is 18.9 Å². The molecule has 1 aromatic carbocycles. The quantitative estimate of drug-likeness (QED) is 0.718. The van der Waals surface area contributed by atoms with Gasteiger partial charge in [-0.05, 0) is 17.6 Å². The third-order valence-corrected chi connectivity index (χ3v) is 2.20. The lowest BCUT2D eigenvalue weighted by molar-refractivity contribution is 0.322. The summed E-state index contributed by atoms with van der Waals surface area (Å²) >= 11 is 0. The Kier molecular flexibility index (Phi) is 4.45. The lowest BCUT2D eigenvalue weighted by Crippen LogP contribution is -2.32. The Morgan fingerprint density at radius 2 is 1.44 bits per heavy atom. The van der Waals surface area contributed by atoms with Crippen molar-refractivity contribution in [2.75, 3.05) is 28.4 Å². The van der Waals surface area contributed by atoms with Crippen molar-refractivity contribution in [3.63, 3.8) is 0 Å². The molecule has 0 atom stereocenters. The van der Waals surface area contributed by atoms with Gasteiger partial charge in [-0.1, -0.05) is 0 Å². The van der Waals surface area contributed by atoms with Crippen LogP contribution in [0, 0.1) is 0 Å². The van der Waals surface area contributed by atoms with E-state index >= 15 is 0 Å². The van der Waals surface area contributed by atoms with Crippen LogP contribution in [0.5, 0.6) is 17.2 Å². The van der Waals surface area contributed by atoms with Gasteiger partial charge in [-0.3, -0.25) is 0 Å². The number of methoxy groups -OCH3 is 3. The van der Waals surface area contributed by atoms with E-state index in [1.807, 2.05) is 0 Å². The summed E-state index contributed by atoms with van der Waals surface area (Å²) in [6, 6.07) is 3.27. The number of benzene rings is 1. The first-order valence-corrected chi connectivity index (χ1v) is 4.68. The third-order valence-electron chi connectivity index (χ3n) is 2.20. The molecule has 0 aromatic heterocycles. The minimum absolute atomic E-state index is 0.480. The van der Waals surface area contributed by atoms with Crippen LogP contribution in [-0.2, 0) is 4.65 Å². The van der Waals surface area contributed by atoms with Crippen LogP contribution in [0.4, 0.5) is 0 Å². The minimum atomic E-state index is -1.02. The average Bonchev–Trinajstić information content (AvgIpc) is 2.35. The van der Waals surface area contributed by atoms with E-state index in [0.29, 0.717) is 22.7 Å². The summed E-state index contributed by atoms with van der Waals surface area (Å²) in [5, 5.41) is 9.56. The summed E-state index contributed by atoms with van der Waals surface area (Å²) in [4.78, 5) is 0. The maximum Gasteiger partial charge on any atom is 0.491 e. The van der Waals surface area contributed by atoms with E-state index in [-0.39, 0.29) is 0 Å². The standard InChI is InChI=1S/C10H15BO5/c1-13-8-5-7(11(12)16-4)6-9(14-2)10(8)15-3/h5-6,12H,1-4H3. The highest BCUT2D eigenvalue weighted by Crippen LogP contribution is 2.35. The molecule has 1 rings (SSSR count). The molecule has 0 radical (unpaired) electrons. The number of hydrogen-bond acceptors (Lipinski definition) is 5. The van der Waals surface area contributed by atoms with Crippen molar-refractivity contribution in [1.82, 2.24) is 0 Å². The molecule has 0 spiro atoms. The average molecular weight is 226 g/mol. The Morgan fingerprint density at radius 3 is 1.75 bits per heavy atom. The minimum Gasteiger partial charge on any atom is -0.493 e. The topological polar surface area (TPSA) is 57.2 Å². The monoisotopic (exact) mass is 226 g/mol. The van der Waals surface area contributed by atoms with E-state index in [0.717, 1.165) is 0 Å². The summed E-state index contributed by atoms with van der Waals surface area (Å²) in [7, 11) is 4.94. The molecular weight excluding hydrogens is 211 g/mol. The van der Waals surface area contributed by atoms with E-state index in [1.54, 1.807) is 12.1 Å². The second kappa shape index (κ2) is 5.62. The summed E-state index contributed by atoms with van der Waals surface area (Å²) in [5.74, 6) is 1.44. The van der Waals surface area contributed by atoms with Gasteiger partial charge in [-0.15, -0.1) is 0 Å². The molecule has 0 saturated heterocycles. The zero-order chi connectivity index (χ0) is 12.1. The SMILES string of the molecule is COB(O)c1cc(OC)c(OC)c(OC)c1. The molecule has 0 aliphatic rings. The molecule has 0 saturated carbocycles. The Hall–Kier alpha value is -1.40. The Labute approximate surface area is 95.0 Å². The van der Waals surface area contributed by atoms with Crippen molar-refractivity contribution in [3.05, 3.63) is 12.1 Å². The molecule has 0 aliphatic carbocycles. The van der Waals surface area contributed by atoms with Gasteiger partial charge in [-0.25, -0.2) is 0 Å². The van der Waals surface area contributed by atoms with Crippen molar-refractivity contribution in [2.45, 2.75) is 0 Å². The molecule has 16 heavy (non-hydrogen) atoms. The first-order valence-electron chi connectivity index (χ1n) is 4.68. The van der Waals surface area contributed by atoms with Crippen molar-refractivity contribution < 1.29 is 23.9 Å². The van der Waals surface area contributed by atoms with Gasteiger partial charge in [0.2, 0.25) is 5.75 Å². The van der Waals surface area contributed by atoms with Crippen molar-refractivity contribution in [2.24, 2.45) is 0 Å². The van der Waals surface area contributed by atoms with E-state index in [1.165, 1.54) is 28.4 Å². The van der Waals surface area contributed by atoms with Crippen molar-refractivity contribution >= 4 is 12.6 Å². The second-order valence-corrected chi connectivity index (χ2v) is 3.05. The molecule has 0 aliphatic heterocycles. The fraction of sp³-hybridized carbons (Fsp3) is 0.400. The number of hydrogen-bond donors (Lipinski definition) is 1. The zero-order valence-corrected chi connectivity index (χ0v) is 9.81. The third kappa shape index (κ3) is 2.40. The summed E-state index contributed by atoms with van der Waals surface area (Å²) in [5.41, 5.74) is 0.539. The maximum absolute atomic E-state index is 9.56. The van der Waals surface area contributed by atoms with Gasteiger partial charge in [0.15, 0.2) is 11.5 Å². The normalized spacial score (nSPS) is 9.81. The van der Waals surface area contributed by atoms with Crippen LogP contribution in [-0.4, -0.2) is 40.6 Å². The molecular formula is C10H15BO5. The van der Waals surface area contributed by atoms with E-state index < -0.39 is 7.12 Å². The summed E-state index contributed by atoms with van der Waals surface area (Å²) in [6.07, 6.45) is 0. The predicted molar refractivity (Wildman–Crippen MR) is 60.7 cm³/mol. The lowest BCUT2D eigenvalue weighted by Gasteiger charge is -2.14. The first kappa shape index (κ1) is 12.7. The van der Waals surface area contributed by atoms with Gasteiger partial charge in [0, 0.05) is 7.11 Å². The molecule has 1 N–H and O–H groups in total. The van der Waals surface area contributed by atoms with Crippen LogP contribution < -0.4 is 19.7 Å². The molecule has 88 valence electrons. The fourth-order valence-electron chi connectivity index (χ4n) is 1.38. The molecule has 0 amide bonds. The van der Waals surface area contributed by atoms with Gasteiger partial charge in [-0.2, -0.15) is 0 Å². The van der Waals surface area contributed by atoms with Gasteiger partial charge in [0.25, 0.3) is 0 Å². The van der Waals surface area contributed by atoms with Gasteiger partial charge in [0.05, 0.1) is 21.3 Å². The molecule has 6 heteroatoms. The molecule has 5 nitrogen and oxygen atoms in total. The highest BCUT2D eigenvalue weighted by Gasteiger charge is 2.20. The summed E-state index contributed by atoms with van der Waals surface area (Å²) < 4.78 is 20.3. The Morgan fingerprint density at radius 1 is 0.938 bits per heavy atom. The van der Waals surface area contributed by atoms with Crippen LogP contribution in [0.3, 0.4) is 0 Å². The van der Waals surface area contributed by atoms with Crippen LogP contribution in [0.1, 0.15) is 0 Å². The largest absolute Gasteiger partial charge is 0.493 e. The maximum atomic E-state index is 9.56. The molecule has 0 unspecified atom stereocenters. The Bertz CT molecular complexity index is 330. The lowest BCUT2D eigenvalue weighted by atomic mass is 9.79. The fourth-order valence-corrected chi connectivity index (χ4v) is 1.38. The summed E-state index contributed by atoms with van der Waals surface area (Å²) in [6.45, 7) is 0. The zero-order valence-electron chi connectivity index (χ0n) is 9.81.